The SMILES string of the molecule is CC(=O)[C@H]1CC[C@H]2[C@@H]3CC[C@@H]4CCCC[C@]4(C)[C@H]3CC[C@]12C. The molecule has 0 aromatic rings. The second kappa shape index (κ2) is 5.08. The van der Waals surface area contributed by atoms with Crippen LogP contribution in [0.25, 0.3) is 0 Å². The maximum Gasteiger partial charge on any atom is 0.133 e. The summed E-state index contributed by atoms with van der Waals surface area (Å²) < 4.78 is 0. The van der Waals surface area contributed by atoms with E-state index in [-0.39, 0.29) is 0 Å². The largest absolute Gasteiger partial charge is 0.300 e. The molecule has 0 radical (unpaired) electrons. The van der Waals surface area contributed by atoms with Gasteiger partial charge in [-0.2, -0.15) is 0 Å². The molecule has 0 amide bonds. The molecule has 0 unspecified atom stereocenters. The summed E-state index contributed by atoms with van der Waals surface area (Å²) in [5.74, 6) is 4.60. The Morgan fingerprint density at radius 1 is 0.818 bits per heavy atom. The van der Waals surface area contributed by atoms with E-state index in [1.165, 1.54) is 64.2 Å². The van der Waals surface area contributed by atoms with Gasteiger partial charge in [0.15, 0.2) is 0 Å². The molecule has 0 aromatic heterocycles. The number of Topliss-reactive ketones (excluding diaryl/α,β-unsaturated/α-hetero) is 1. The van der Waals surface area contributed by atoms with E-state index in [4.69, 9.17) is 0 Å². The van der Waals surface area contributed by atoms with Crippen LogP contribution < -0.4 is 0 Å². The number of hydrogen-bond donors (Lipinski definition) is 0. The molecule has 0 spiro atoms. The predicted molar refractivity (Wildman–Crippen MR) is 90.5 cm³/mol. The van der Waals surface area contributed by atoms with Crippen molar-refractivity contribution < 1.29 is 4.79 Å². The van der Waals surface area contributed by atoms with Crippen molar-refractivity contribution in [2.45, 2.75) is 85.0 Å². The Morgan fingerprint density at radius 3 is 2.36 bits per heavy atom. The topological polar surface area (TPSA) is 17.1 Å². The fourth-order valence-corrected chi connectivity index (χ4v) is 7.96. The van der Waals surface area contributed by atoms with E-state index in [0.717, 1.165) is 23.7 Å². The maximum absolute atomic E-state index is 12.2. The van der Waals surface area contributed by atoms with Crippen molar-refractivity contribution in [3.8, 4) is 0 Å². The normalized spacial score (nSPS) is 54.2. The molecule has 22 heavy (non-hydrogen) atoms. The van der Waals surface area contributed by atoms with Crippen LogP contribution in [0.2, 0.25) is 0 Å². The van der Waals surface area contributed by atoms with E-state index in [0.29, 0.717) is 22.5 Å². The number of rotatable bonds is 1. The van der Waals surface area contributed by atoms with Gasteiger partial charge in [-0.25, -0.2) is 0 Å². The van der Waals surface area contributed by atoms with Crippen LogP contribution in [0, 0.1) is 40.4 Å². The molecule has 0 bridgehead atoms. The fourth-order valence-electron chi connectivity index (χ4n) is 7.96. The van der Waals surface area contributed by atoms with Crippen molar-refractivity contribution in [1.82, 2.24) is 0 Å². The summed E-state index contributed by atoms with van der Waals surface area (Å²) in [5.41, 5.74) is 0.974. The highest BCUT2D eigenvalue weighted by atomic mass is 16.1. The van der Waals surface area contributed by atoms with E-state index < -0.39 is 0 Å². The average molecular weight is 303 g/mol. The van der Waals surface area contributed by atoms with Gasteiger partial charge in [0.1, 0.15) is 5.78 Å². The molecule has 0 aromatic carbocycles. The monoisotopic (exact) mass is 302 g/mol. The highest BCUT2D eigenvalue weighted by Crippen LogP contribution is 2.67. The zero-order chi connectivity index (χ0) is 15.5. The molecule has 0 aliphatic heterocycles. The summed E-state index contributed by atoms with van der Waals surface area (Å²) in [6.45, 7) is 6.97. The molecule has 0 heterocycles. The van der Waals surface area contributed by atoms with Crippen LogP contribution in [0.3, 0.4) is 0 Å². The lowest BCUT2D eigenvalue weighted by atomic mass is 9.45. The molecule has 1 heteroatoms. The maximum atomic E-state index is 12.2. The third-order valence-corrected chi connectivity index (χ3v) is 9.07. The first-order valence-corrected chi connectivity index (χ1v) is 9.97. The van der Waals surface area contributed by atoms with Gasteiger partial charge in [0.05, 0.1) is 0 Å². The molecule has 4 saturated carbocycles. The van der Waals surface area contributed by atoms with Gasteiger partial charge in [-0.05, 0) is 92.8 Å². The summed E-state index contributed by atoms with van der Waals surface area (Å²) in [4.78, 5) is 12.2. The second-order valence-corrected chi connectivity index (χ2v) is 9.69. The Bertz CT molecular complexity index is 469. The summed E-state index contributed by atoms with van der Waals surface area (Å²) in [7, 11) is 0. The van der Waals surface area contributed by atoms with Crippen LogP contribution in [0.5, 0.6) is 0 Å². The molecule has 0 N–H and O–H groups in total. The zero-order valence-corrected chi connectivity index (χ0v) is 14.9. The Kier molecular flexibility index (Phi) is 3.51. The standard InChI is InChI=1S/C21H34O/c1-14(22)17-9-10-18-16-8-7-15-6-4-5-12-20(15,2)19(16)11-13-21(17,18)3/h15-19H,4-13H2,1-3H3/t15-,16-,17+,18-,19-,20-,21+/m0/s1. The number of carbonyl (C=O) groups excluding carboxylic acids is 1. The Balaban J connectivity index is 1.63. The quantitative estimate of drug-likeness (QED) is 0.614. The predicted octanol–water partition coefficient (Wildman–Crippen LogP) is 5.62. The van der Waals surface area contributed by atoms with Gasteiger partial charge in [-0.3, -0.25) is 4.79 Å². The summed E-state index contributed by atoms with van der Waals surface area (Å²) in [6.07, 6.45) is 14.1. The zero-order valence-electron chi connectivity index (χ0n) is 14.9. The minimum atomic E-state index is 0.338. The molecule has 4 fully saturated rings. The second-order valence-electron chi connectivity index (χ2n) is 9.69. The minimum Gasteiger partial charge on any atom is -0.300 e. The molecule has 1 nitrogen and oxygen atoms in total. The van der Waals surface area contributed by atoms with Crippen molar-refractivity contribution in [3.63, 3.8) is 0 Å². The van der Waals surface area contributed by atoms with Crippen molar-refractivity contribution in [2.24, 2.45) is 40.4 Å². The highest BCUT2D eigenvalue weighted by Gasteiger charge is 2.60. The number of carbonyl (C=O) groups is 1. The van der Waals surface area contributed by atoms with Gasteiger partial charge in [0, 0.05) is 5.92 Å². The summed E-state index contributed by atoms with van der Waals surface area (Å²) in [5, 5.41) is 0. The van der Waals surface area contributed by atoms with Crippen LogP contribution in [0.15, 0.2) is 0 Å². The number of fused-ring (bicyclic) bond motifs is 5. The van der Waals surface area contributed by atoms with E-state index in [1.54, 1.807) is 0 Å². The smallest absolute Gasteiger partial charge is 0.133 e. The first-order chi connectivity index (χ1) is 10.5. The minimum absolute atomic E-state index is 0.338. The Labute approximate surface area is 136 Å². The van der Waals surface area contributed by atoms with E-state index >= 15 is 0 Å². The Hall–Kier alpha value is -0.330. The molecule has 0 saturated heterocycles. The average Bonchev–Trinajstić information content (AvgIpc) is 2.84. The van der Waals surface area contributed by atoms with Crippen molar-refractivity contribution in [2.75, 3.05) is 0 Å². The van der Waals surface area contributed by atoms with Crippen molar-refractivity contribution in [1.29, 1.82) is 0 Å². The lowest BCUT2D eigenvalue weighted by molar-refractivity contribution is -0.133. The van der Waals surface area contributed by atoms with Crippen LogP contribution in [0.1, 0.15) is 85.0 Å². The summed E-state index contributed by atoms with van der Waals surface area (Å²) in [6, 6.07) is 0. The molecule has 4 aliphatic rings. The fraction of sp³-hybridized carbons (Fsp3) is 0.952. The van der Waals surface area contributed by atoms with Gasteiger partial charge < -0.3 is 0 Å². The summed E-state index contributed by atoms with van der Waals surface area (Å²) >= 11 is 0. The molecular weight excluding hydrogens is 268 g/mol. The first-order valence-electron chi connectivity index (χ1n) is 9.97. The van der Waals surface area contributed by atoms with Gasteiger partial charge in [-0.15, -0.1) is 0 Å². The Morgan fingerprint density at radius 2 is 1.59 bits per heavy atom. The molecule has 7 atom stereocenters. The third kappa shape index (κ3) is 1.93. The lowest BCUT2D eigenvalue weighted by Gasteiger charge is -2.60. The van der Waals surface area contributed by atoms with Crippen LogP contribution >= 0.6 is 0 Å². The molecule has 124 valence electrons. The molecule has 4 rings (SSSR count). The van der Waals surface area contributed by atoms with Crippen molar-refractivity contribution >= 4 is 5.78 Å². The van der Waals surface area contributed by atoms with Crippen LogP contribution in [-0.2, 0) is 4.79 Å². The third-order valence-electron chi connectivity index (χ3n) is 9.07. The molecular formula is C21H34O. The van der Waals surface area contributed by atoms with E-state index in [2.05, 4.69) is 13.8 Å². The number of hydrogen-bond acceptors (Lipinski definition) is 1. The lowest BCUT2D eigenvalue weighted by Crippen LogP contribution is -2.53. The van der Waals surface area contributed by atoms with Gasteiger partial charge in [0.2, 0.25) is 0 Å². The van der Waals surface area contributed by atoms with Gasteiger partial charge in [-0.1, -0.05) is 26.7 Å². The highest BCUT2D eigenvalue weighted by molar-refractivity contribution is 5.79. The van der Waals surface area contributed by atoms with Gasteiger partial charge in [0.25, 0.3) is 0 Å². The molecule has 4 aliphatic carbocycles. The van der Waals surface area contributed by atoms with Crippen molar-refractivity contribution in [3.05, 3.63) is 0 Å². The van der Waals surface area contributed by atoms with Crippen LogP contribution in [-0.4, -0.2) is 5.78 Å². The first kappa shape index (κ1) is 15.2. The van der Waals surface area contributed by atoms with Gasteiger partial charge >= 0.3 is 0 Å². The van der Waals surface area contributed by atoms with Crippen LogP contribution in [0.4, 0.5) is 0 Å². The number of ketones is 1. The van der Waals surface area contributed by atoms with E-state index in [9.17, 15) is 4.79 Å². The van der Waals surface area contributed by atoms with E-state index in [1.807, 2.05) is 6.92 Å².